The van der Waals surface area contributed by atoms with Crippen LogP contribution in [0.2, 0.25) is 0 Å². The zero-order valence-electron chi connectivity index (χ0n) is 55.8. The lowest BCUT2D eigenvalue weighted by molar-refractivity contribution is -0.145. The van der Waals surface area contributed by atoms with E-state index in [1.165, 1.54) is 26.1 Å². The van der Waals surface area contributed by atoms with Gasteiger partial charge in [-0.1, -0.05) is 83.5 Å². The summed E-state index contributed by atoms with van der Waals surface area (Å²) in [5.74, 6) is -12.3. The number of hydrogen-bond acceptors (Lipinski definition) is 20. The number of nitrogens with two attached hydrogens (primary N) is 1. The Hall–Kier alpha value is -7.32. The van der Waals surface area contributed by atoms with Gasteiger partial charge in [0.15, 0.2) is 6.04 Å². The van der Waals surface area contributed by atoms with Crippen molar-refractivity contribution in [3.05, 3.63) is 18.2 Å². The second-order valence-electron chi connectivity index (χ2n) is 24.0. The van der Waals surface area contributed by atoms with Crippen LogP contribution >= 0.6 is 0 Å². The van der Waals surface area contributed by atoms with Gasteiger partial charge in [0.2, 0.25) is 29.5 Å². The van der Waals surface area contributed by atoms with Gasteiger partial charge in [-0.2, -0.15) is 0 Å². The van der Waals surface area contributed by atoms with E-state index in [1.807, 2.05) is 0 Å². The van der Waals surface area contributed by atoms with Crippen LogP contribution in [0, 0.1) is 11.8 Å². The Morgan fingerprint density at radius 3 is 1.48 bits per heavy atom. The van der Waals surface area contributed by atoms with Crippen molar-refractivity contribution in [1.82, 2.24) is 36.6 Å². The molecule has 0 fully saturated rings. The molecule has 546 valence electrons. The fourth-order valence-corrected chi connectivity index (χ4v) is 10.0. The maximum atomic E-state index is 13.1. The van der Waals surface area contributed by atoms with Crippen molar-refractivity contribution in [1.29, 1.82) is 0 Å². The highest BCUT2D eigenvalue weighted by Gasteiger charge is 2.31. The van der Waals surface area contributed by atoms with Crippen LogP contribution < -0.4 is 32.3 Å². The number of rotatable bonds is 65. The van der Waals surface area contributed by atoms with Crippen LogP contribution in [0.25, 0.3) is 0 Å². The third kappa shape index (κ3) is 46.7. The van der Waals surface area contributed by atoms with Gasteiger partial charge in [-0.05, 0) is 64.7 Å². The van der Waals surface area contributed by atoms with Crippen molar-refractivity contribution in [2.75, 3.05) is 65.9 Å². The van der Waals surface area contributed by atoms with Crippen LogP contribution in [0.5, 0.6) is 0 Å². The number of aromatic nitrogens is 2. The first kappa shape index (κ1) is 86.7. The minimum Gasteiger partial charge on any atom is -0.481 e. The molecular weight excluding hydrogens is 1260 g/mol. The second-order valence-corrected chi connectivity index (χ2v) is 24.0. The summed E-state index contributed by atoms with van der Waals surface area (Å²) in [6.07, 6.45) is 15.6. The fraction of sp³-hybridized carbons (Fsp3) is 0.754. The molecule has 1 rings (SSSR count). The number of aliphatic carboxylic acids is 5. The number of Topliss-reactive ketones (excluding diaryl/α,β-unsaturated/α-hetero) is 3. The van der Waals surface area contributed by atoms with E-state index in [4.69, 9.17) is 29.8 Å². The lowest BCUT2D eigenvalue weighted by Gasteiger charge is -2.22. The highest BCUT2D eigenvalue weighted by Crippen LogP contribution is 2.20. The summed E-state index contributed by atoms with van der Waals surface area (Å²) >= 11 is 0. The number of nitrogens with one attached hydrogen (secondary N) is 6. The molecule has 5 amide bonds. The Kier molecular flexibility index (Phi) is 49.5. The van der Waals surface area contributed by atoms with Crippen molar-refractivity contribution in [2.45, 2.75) is 236 Å². The monoisotopic (exact) mass is 1370 g/mol. The molecule has 0 bridgehead atoms. The summed E-state index contributed by atoms with van der Waals surface area (Å²) in [4.78, 5) is 165. The van der Waals surface area contributed by atoms with E-state index in [-0.39, 0.29) is 155 Å². The number of aromatic amines is 1. The van der Waals surface area contributed by atoms with Crippen molar-refractivity contribution < 1.29 is 112 Å². The number of ether oxygens (including phenoxy) is 4. The number of carboxylic acids is 5. The van der Waals surface area contributed by atoms with Gasteiger partial charge >= 0.3 is 29.8 Å². The van der Waals surface area contributed by atoms with Crippen LogP contribution in [0.4, 0.5) is 0 Å². The highest BCUT2D eigenvalue weighted by atomic mass is 16.5. The largest absolute Gasteiger partial charge is 0.481 e. The molecule has 31 nitrogen and oxygen atoms in total. The number of amides is 5. The van der Waals surface area contributed by atoms with Crippen LogP contribution in [-0.4, -0.2) is 214 Å². The Morgan fingerprint density at radius 1 is 0.469 bits per heavy atom. The Labute approximate surface area is 561 Å². The zero-order chi connectivity index (χ0) is 71.3. The van der Waals surface area contributed by atoms with Crippen molar-refractivity contribution in [3.63, 3.8) is 0 Å². The molecule has 0 radical (unpaired) electrons. The lowest BCUT2D eigenvalue weighted by atomic mass is 9.92. The Bertz CT molecular complexity index is 2470. The van der Waals surface area contributed by atoms with Gasteiger partial charge in [0, 0.05) is 95.3 Å². The van der Waals surface area contributed by atoms with Gasteiger partial charge in [0.25, 0.3) is 0 Å². The van der Waals surface area contributed by atoms with Crippen LogP contribution in [0.3, 0.4) is 0 Å². The summed E-state index contributed by atoms with van der Waals surface area (Å²) in [7, 11) is 0. The van der Waals surface area contributed by atoms with E-state index in [1.54, 1.807) is 6.20 Å². The molecule has 0 aliphatic heterocycles. The smallest absolute Gasteiger partial charge is 0.328 e. The topological polar surface area (TPSA) is 495 Å². The highest BCUT2D eigenvalue weighted by molar-refractivity contribution is 5.89. The third-order valence-corrected chi connectivity index (χ3v) is 15.7. The molecule has 0 spiro atoms. The Balaban J connectivity index is 2.18. The minimum absolute atomic E-state index is 0.0353. The maximum absolute atomic E-state index is 13.1. The molecule has 1 aromatic heterocycles. The third-order valence-electron chi connectivity index (χ3n) is 15.7. The van der Waals surface area contributed by atoms with Crippen LogP contribution in [0.1, 0.15) is 205 Å². The number of nitrogens with zero attached hydrogens (tertiary/aromatic N) is 1. The molecule has 1 aromatic rings. The quantitative estimate of drug-likeness (QED) is 0.0415. The normalized spacial score (nSPS) is 13.4. The molecule has 96 heavy (non-hydrogen) atoms. The summed E-state index contributed by atoms with van der Waals surface area (Å²) < 4.78 is 21.5. The van der Waals surface area contributed by atoms with Gasteiger partial charge in [-0.15, -0.1) is 0 Å². The number of carboxylic acid groups (broad SMARTS) is 5. The van der Waals surface area contributed by atoms with Crippen LogP contribution in [0.15, 0.2) is 12.5 Å². The van der Waals surface area contributed by atoms with Crippen molar-refractivity contribution >= 4 is 76.7 Å². The fourth-order valence-electron chi connectivity index (χ4n) is 10.0. The molecule has 0 unspecified atom stereocenters. The van der Waals surface area contributed by atoms with Crippen molar-refractivity contribution in [3.8, 4) is 0 Å². The van der Waals surface area contributed by atoms with Gasteiger partial charge < -0.3 is 86.9 Å². The molecule has 0 saturated heterocycles. The average molecular weight is 1370 g/mol. The first-order valence-electron chi connectivity index (χ1n) is 33.7. The first-order valence-corrected chi connectivity index (χ1v) is 33.7. The standard InChI is InChI=1S/C65H108N8O23/c1-45(74)60(65(91)92)73-61(84)46(23-29-54(77)51(66)40-48-41-67-44-70-48)19-16-17-31-68-57(80)42-96-38-36-94-34-32-69-58(81)43-95-37-35-93-33-18-20-49(75)25-27-52(63(87)88)72-56(79)30-24-47(62(85)86)39-50(76)26-28-53(64(89)90)71-55(78)21-14-12-10-8-6-4-2-3-5-7-9-11-13-15-22-59(82)83/h41,44-47,51-53,60,74H,2-40,42-43,66H2,1H3,(H,67,70)(H,68,80)(H,69,81)(H,71,78)(H,72,79)(H,73,84)(H,82,83)(H,85,86)(H,87,88)(H,89,90)(H,91,92)/t45-,46-,47-,51+,52+,53+,60+/m1/s1. The Morgan fingerprint density at radius 2 is 0.969 bits per heavy atom. The predicted octanol–water partition coefficient (Wildman–Crippen LogP) is 3.48. The predicted molar refractivity (Wildman–Crippen MR) is 346 cm³/mol. The SMILES string of the molecule is C[C@@H](O)[C@H](NC(=O)[C@H](CCCCNC(=O)COCCOCCNC(=O)COCCOCCCC(=O)CC[C@H](NC(=O)CC[C@H](CC(=O)CC[C@H](NC(=O)CCCCCCCCCCCCCCCCC(=O)O)C(=O)O)C(=O)O)C(=O)O)CCC(=O)[C@@H](N)Cc1cnc[nH]1)C(=O)O. The second kappa shape index (κ2) is 54.8. The van der Waals surface area contributed by atoms with E-state index in [9.17, 15) is 87.9 Å². The summed E-state index contributed by atoms with van der Waals surface area (Å²) in [6, 6.07) is -5.18. The summed E-state index contributed by atoms with van der Waals surface area (Å²) in [5, 5.41) is 69.5. The number of imidazole rings is 1. The van der Waals surface area contributed by atoms with Gasteiger partial charge in [-0.25, -0.2) is 19.4 Å². The van der Waals surface area contributed by atoms with E-state index >= 15 is 0 Å². The van der Waals surface area contributed by atoms with Gasteiger partial charge in [0.05, 0.1) is 57.4 Å². The average Bonchev–Trinajstić information content (AvgIpc) is 1.28. The van der Waals surface area contributed by atoms with E-state index in [0.29, 0.717) is 31.4 Å². The molecule has 0 aliphatic carbocycles. The van der Waals surface area contributed by atoms with Gasteiger partial charge in [0.1, 0.15) is 42.6 Å². The molecule has 0 aliphatic rings. The van der Waals surface area contributed by atoms with Crippen LogP contribution in [-0.2, 0) is 87.7 Å². The molecule has 31 heteroatoms. The van der Waals surface area contributed by atoms with E-state index in [0.717, 1.165) is 70.6 Å². The van der Waals surface area contributed by atoms with E-state index in [2.05, 4.69) is 36.6 Å². The zero-order valence-corrected chi connectivity index (χ0v) is 55.8. The number of unbranched alkanes of at least 4 members (excludes halogenated alkanes) is 14. The molecule has 7 atom stereocenters. The minimum atomic E-state index is -1.54. The lowest BCUT2D eigenvalue weighted by Crippen LogP contribution is -2.49. The summed E-state index contributed by atoms with van der Waals surface area (Å²) in [5.41, 5.74) is 6.72. The number of carbonyl (C=O) groups is 13. The summed E-state index contributed by atoms with van der Waals surface area (Å²) in [6.45, 7) is 1.88. The molecule has 0 aromatic carbocycles. The number of ketones is 3. The number of aliphatic hydroxyl groups excluding tert-OH is 1. The molecule has 1 heterocycles. The van der Waals surface area contributed by atoms with Crippen molar-refractivity contribution in [2.24, 2.45) is 17.6 Å². The molecule has 14 N–H and O–H groups in total. The van der Waals surface area contributed by atoms with Gasteiger partial charge in [-0.3, -0.25) is 47.9 Å². The number of hydrogen-bond donors (Lipinski definition) is 13. The number of aliphatic hydroxyl groups is 1. The molecule has 0 saturated carbocycles. The maximum Gasteiger partial charge on any atom is 0.328 e. The number of carbonyl (C=O) groups excluding carboxylic acids is 8. The first-order chi connectivity index (χ1) is 45.9. The molecular formula is C65H108N8O23. The number of H-pyrrole nitrogens is 1. The van der Waals surface area contributed by atoms with E-state index < -0.39 is 120 Å².